The Kier molecular flexibility index (Phi) is 5.69. The third kappa shape index (κ3) is 4.71. The lowest BCUT2D eigenvalue weighted by molar-refractivity contribution is -0.385. The highest BCUT2D eigenvalue weighted by molar-refractivity contribution is 6.31. The van der Waals surface area contributed by atoms with Crippen LogP contribution in [0.2, 0.25) is 5.02 Å². The number of nitrogens with one attached hydrogen (secondary N) is 1. The van der Waals surface area contributed by atoms with E-state index in [0.717, 1.165) is 6.20 Å². The molecule has 0 spiro atoms. The molecule has 1 atom stereocenters. The fourth-order valence-corrected chi connectivity index (χ4v) is 2.73. The van der Waals surface area contributed by atoms with Gasteiger partial charge in [0.2, 0.25) is 5.91 Å². The van der Waals surface area contributed by atoms with Crippen LogP contribution in [0.1, 0.15) is 12.5 Å². The van der Waals surface area contributed by atoms with Crippen molar-refractivity contribution in [1.82, 2.24) is 19.6 Å². The van der Waals surface area contributed by atoms with E-state index in [4.69, 9.17) is 11.6 Å². The molecule has 0 aliphatic heterocycles. The molecule has 1 aromatic carbocycles. The van der Waals surface area contributed by atoms with E-state index in [2.05, 4.69) is 15.5 Å². The number of carbonyl (C=O) groups is 1. The molecule has 1 amide bonds. The van der Waals surface area contributed by atoms with Gasteiger partial charge in [-0.1, -0.05) is 24.6 Å². The van der Waals surface area contributed by atoms with Crippen molar-refractivity contribution < 1.29 is 14.1 Å². The van der Waals surface area contributed by atoms with Crippen LogP contribution in [0, 0.1) is 21.8 Å². The number of nitrogens with zero attached hydrogens (tertiary/aromatic N) is 5. The van der Waals surface area contributed by atoms with Gasteiger partial charge in [-0.25, -0.2) is 4.39 Å². The Balaban J connectivity index is 1.58. The van der Waals surface area contributed by atoms with Gasteiger partial charge in [-0.15, -0.1) is 0 Å². The zero-order valence-corrected chi connectivity index (χ0v) is 15.5. The van der Waals surface area contributed by atoms with Gasteiger partial charge in [0.25, 0.3) is 0 Å². The molecule has 0 saturated carbocycles. The van der Waals surface area contributed by atoms with Crippen molar-refractivity contribution in [2.24, 2.45) is 5.92 Å². The normalized spacial score (nSPS) is 12.0. The van der Waals surface area contributed by atoms with Crippen molar-refractivity contribution in [3.8, 4) is 0 Å². The van der Waals surface area contributed by atoms with Crippen molar-refractivity contribution in [3.05, 3.63) is 69.4 Å². The van der Waals surface area contributed by atoms with Gasteiger partial charge < -0.3 is 5.32 Å². The summed E-state index contributed by atoms with van der Waals surface area (Å²) in [5, 5.41) is 21.8. The Morgan fingerprint density at radius 1 is 1.39 bits per heavy atom. The molecular formula is C17H16ClFN6O3. The number of amides is 1. The molecule has 28 heavy (non-hydrogen) atoms. The number of rotatable bonds is 7. The monoisotopic (exact) mass is 406 g/mol. The summed E-state index contributed by atoms with van der Waals surface area (Å²) in [5.74, 6) is -0.861. The smallest absolute Gasteiger partial charge is 0.306 e. The Bertz CT molecular complexity index is 1020. The summed E-state index contributed by atoms with van der Waals surface area (Å²) in [4.78, 5) is 22.5. The second-order valence-electron chi connectivity index (χ2n) is 6.20. The molecule has 1 N–H and O–H groups in total. The number of anilines is 1. The van der Waals surface area contributed by atoms with Crippen molar-refractivity contribution >= 4 is 29.0 Å². The van der Waals surface area contributed by atoms with Gasteiger partial charge in [-0.3, -0.25) is 24.3 Å². The van der Waals surface area contributed by atoms with Gasteiger partial charge in [0.05, 0.1) is 23.9 Å². The lowest BCUT2D eigenvalue weighted by Gasteiger charge is -2.10. The van der Waals surface area contributed by atoms with E-state index in [1.165, 1.54) is 23.0 Å². The SMILES string of the molecule is CC(Cn1cc([N+](=O)[O-])cn1)C(=O)Nc1ccn(Cc2ccc(F)cc2Cl)n1. The quantitative estimate of drug-likeness (QED) is 0.479. The third-order valence-electron chi connectivity index (χ3n) is 3.98. The molecule has 2 aromatic heterocycles. The van der Waals surface area contributed by atoms with E-state index in [0.29, 0.717) is 22.9 Å². The van der Waals surface area contributed by atoms with Gasteiger partial charge in [0, 0.05) is 17.3 Å². The summed E-state index contributed by atoms with van der Waals surface area (Å²) in [6, 6.07) is 5.74. The first-order valence-corrected chi connectivity index (χ1v) is 8.64. The number of halogens is 2. The first kappa shape index (κ1) is 19.5. The van der Waals surface area contributed by atoms with Gasteiger partial charge in [0.15, 0.2) is 5.82 Å². The van der Waals surface area contributed by atoms with Crippen molar-refractivity contribution in [3.63, 3.8) is 0 Å². The fourth-order valence-electron chi connectivity index (χ4n) is 2.50. The number of benzene rings is 1. The number of aromatic nitrogens is 4. The number of nitro groups is 1. The maximum Gasteiger partial charge on any atom is 0.306 e. The van der Waals surface area contributed by atoms with Crippen LogP contribution in [0.3, 0.4) is 0 Å². The lowest BCUT2D eigenvalue weighted by Crippen LogP contribution is -2.25. The zero-order chi connectivity index (χ0) is 20.3. The maximum atomic E-state index is 13.1. The van der Waals surface area contributed by atoms with Crippen LogP contribution >= 0.6 is 11.6 Å². The summed E-state index contributed by atoms with van der Waals surface area (Å²) >= 11 is 6.01. The molecule has 2 heterocycles. The van der Waals surface area contributed by atoms with E-state index >= 15 is 0 Å². The molecule has 11 heteroatoms. The molecule has 3 rings (SSSR count). The fraction of sp³-hybridized carbons (Fsp3) is 0.235. The first-order chi connectivity index (χ1) is 13.3. The van der Waals surface area contributed by atoms with E-state index in [9.17, 15) is 19.3 Å². The molecule has 146 valence electrons. The van der Waals surface area contributed by atoms with Gasteiger partial charge in [-0.05, 0) is 17.7 Å². The minimum Gasteiger partial charge on any atom is -0.309 e. The molecule has 0 aliphatic rings. The molecule has 0 aliphatic carbocycles. The van der Waals surface area contributed by atoms with E-state index in [-0.39, 0.29) is 18.1 Å². The largest absolute Gasteiger partial charge is 0.309 e. The summed E-state index contributed by atoms with van der Waals surface area (Å²) < 4.78 is 16.0. The summed E-state index contributed by atoms with van der Waals surface area (Å²) in [6.07, 6.45) is 4.06. The molecule has 0 bridgehead atoms. The Hall–Kier alpha value is -3.27. The minimum absolute atomic E-state index is 0.134. The standard InChI is InChI=1S/C17H16ClFN6O3/c1-11(8-24-10-14(7-20-24)25(27)28)17(26)21-16-4-5-23(22-16)9-12-2-3-13(19)6-15(12)18/h2-7,10-11H,8-9H2,1H3,(H,21,22,26). The maximum absolute atomic E-state index is 13.1. The number of hydrogen-bond acceptors (Lipinski definition) is 5. The van der Waals surface area contributed by atoms with Gasteiger partial charge in [-0.2, -0.15) is 10.2 Å². The highest BCUT2D eigenvalue weighted by Gasteiger charge is 2.17. The lowest BCUT2D eigenvalue weighted by atomic mass is 10.1. The molecule has 3 aromatic rings. The van der Waals surface area contributed by atoms with Crippen LogP contribution in [0.4, 0.5) is 15.9 Å². The minimum atomic E-state index is -0.547. The zero-order valence-electron chi connectivity index (χ0n) is 14.7. The van der Waals surface area contributed by atoms with Crippen molar-refractivity contribution in [2.75, 3.05) is 5.32 Å². The molecule has 0 fully saturated rings. The highest BCUT2D eigenvalue weighted by atomic mass is 35.5. The highest BCUT2D eigenvalue weighted by Crippen LogP contribution is 2.19. The van der Waals surface area contributed by atoms with E-state index in [1.807, 2.05) is 0 Å². The molecule has 1 unspecified atom stereocenters. The predicted molar refractivity (Wildman–Crippen MR) is 99.4 cm³/mol. The molecular weight excluding hydrogens is 391 g/mol. The van der Waals surface area contributed by atoms with Crippen LogP contribution in [0.15, 0.2) is 42.9 Å². The van der Waals surface area contributed by atoms with Crippen LogP contribution in [-0.2, 0) is 17.9 Å². The Morgan fingerprint density at radius 3 is 2.86 bits per heavy atom. The average Bonchev–Trinajstić information content (AvgIpc) is 3.27. The van der Waals surface area contributed by atoms with Crippen molar-refractivity contribution in [2.45, 2.75) is 20.0 Å². The molecule has 0 saturated heterocycles. The predicted octanol–water partition coefficient (Wildman–Crippen LogP) is 3.10. The molecule has 9 nitrogen and oxygen atoms in total. The Labute approximate surface area is 163 Å². The van der Waals surface area contributed by atoms with Crippen LogP contribution in [0.5, 0.6) is 0 Å². The second kappa shape index (κ2) is 8.17. The first-order valence-electron chi connectivity index (χ1n) is 8.27. The van der Waals surface area contributed by atoms with Gasteiger partial charge in [0.1, 0.15) is 18.2 Å². The summed E-state index contributed by atoms with van der Waals surface area (Å²) in [5.41, 5.74) is 0.559. The topological polar surface area (TPSA) is 108 Å². The number of carbonyl (C=O) groups excluding carboxylic acids is 1. The van der Waals surface area contributed by atoms with Crippen LogP contribution in [0.25, 0.3) is 0 Å². The third-order valence-corrected chi connectivity index (χ3v) is 4.33. The van der Waals surface area contributed by atoms with E-state index < -0.39 is 16.7 Å². The van der Waals surface area contributed by atoms with Crippen LogP contribution < -0.4 is 5.32 Å². The van der Waals surface area contributed by atoms with Crippen LogP contribution in [-0.4, -0.2) is 30.4 Å². The van der Waals surface area contributed by atoms with Crippen molar-refractivity contribution in [1.29, 1.82) is 0 Å². The molecule has 0 radical (unpaired) electrons. The van der Waals surface area contributed by atoms with E-state index in [1.54, 1.807) is 29.9 Å². The number of hydrogen-bond donors (Lipinski definition) is 1. The second-order valence-corrected chi connectivity index (χ2v) is 6.61. The summed E-state index contributed by atoms with van der Waals surface area (Å²) in [7, 11) is 0. The Morgan fingerprint density at radius 2 is 2.18 bits per heavy atom. The summed E-state index contributed by atoms with van der Waals surface area (Å²) in [6.45, 7) is 2.19. The van der Waals surface area contributed by atoms with Gasteiger partial charge >= 0.3 is 5.69 Å². The average molecular weight is 407 g/mol.